The molecule has 8 heteroatoms. The summed E-state index contributed by atoms with van der Waals surface area (Å²) < 4.78 is 23.5. The Morgan fingerprint density at radius 3 is 2.81 bits per heavy atom. The Balaban J connectivity index is 2.43. The van der Waals surface area contributed by atoms with Gasteiger partial charge in [-0.15, -0.1) is 0 Å². The van der Waals surface area contributed by atoms with Crippen molar-refractivity contribution in [2.45, 2.75) is 0 Å². The first-order chi connectivity index (χ1) is 10.1. The van der Waals surface area contributed by atoms with Gasteiger partial charge >= 0.3 is 5.97 Å². The van der Waals surface area contributed by atoms with E-state index in [2.05, 4.69) is 14.7 Å². The quantitative estimate of drug-likeness (QED) is 0.640. The van der Waals surface area contributed by atoms with Crippen LogP contribution < -0.4 is 4.74 Å². The zero-order chi connectivity index (χ0) is 15.4. The highest BCUT2D eigenvalue weighted by atomic mass is 35.5. The minimum Gasteiger partial charge on any atom is -0.465 e. The van der Waals surface area contributed by atoms with Gasteiger partial charge in [-0.1, -0.05) is 11.6 Å². The first kappa shape index (κ1) is 14.7. The van der Waals surface area contributed by atoms with E-state index in [0.29, 0.717) is 0 Å². The first-order valence-corrected chi connectivity index (χ1v) is 5.91. The number of ether oxygens (including phenoxy) is 2. The molecular weight excluding hydrogens is 301 g/mol. The molecule has 0 amide bonds. The Labute approximate surface area is 123 Å². The van der Waals surface area contributed by atoms with Crippen molar-refractivity contribution < 1.29 is 18.7 Å². The fraction of sp³-hybridized carbons (Fsp3) is 0.0769. The molecule has 1 heterocycles. The predicted octanol–water partition coefficient (Wildman–Crippen LogP) is 2.72. The topological polar surface area (TPSA) is 85.1 Å². The predicted molar refractivity (Wildman–Crippen MR) is 69.6 cm³/mol. The highest BCUT2D eigenvalue weighted by Crippen LogP contribution is 2.29. The molecule has 0 aliphatic carbocycles. The van der Waals surface area contributed by atoms with Gasteiger partial charge in [0.2, 0.25) is 5.88 Å². The second kappa shape index (κ2) is 6.15. The summed E-state index contributed by atoms with van der Waals surface area (Å²) in [4.78, 5) is 19.0. The van der Waals surface area contributed by atoms with Crippen molar-refractivity contribution in [3.8, 4) is 17.7 Å². The molecule has 0 unspecified atom stereocenters. The van der Waals surface area contributed by atoms with Crippen LogP contribution >= 0.6 is 11.6 Å². The van der Waals surface area contributed by atoms with E-state index in [0.717, 1.165) is 19.5 Å². The van der Waals surface area contributed by atoms with Gasteiger partial charge in [0.1, 0.15) is 6.33 Å². The number of hydrogen-bond donors (Lipinski definition) is 0. The normalized spacial score (nSPS) is 9.81. The van der Waals surface area contributed by atoms with Gasteiger partial charge in [-0.2, -0.15) is 5.26 Å². The minimum absolute atomic E-state index is 0.133. The summed E-state index contributed by atoms with van der Waals surface area (Å²) in [6, 6.07) is 5.39. The van der Waals surface area contributed by atoms with Gasteiger partial charge < -0.3 is 9.47 Å². The van der Waals surface area contributed by atoms with Gasteiger partial charge in [-0.05, 0) is 18.2 Å². The van der Waals surface area contributed by atoms with Crippen LogP contribution in [0.15, 0.2) is 24.5 Å². The zero-order valence-electron chi connectivity index (χ0n) is 10.6. The average molecular weight is 308 g/mol. The molecule has 0 N–H and O–H groups in total. The third-order valence-corrected chi connectivity index (χ3v) is 2.71. The molecule has 0 fully saturated rings. The molecule has 1 aromatic carbocycles. The number of carbonyl (C=O) groups is 1. The van der Waals surface area contributed by atoms with E-state index in [1.807, 2.05) is 0 Å². The van der Waals surface area contributed by atoms with E-state index in [9.17, 15) is 9.18 Å². The number of benzene rings is 1. The molecule has 1 aromatic heterocycles. The van der Waals surface area contributed by atoms with E-state index in [1.165, 1.54) is 12.1 Å². The van der Waals surface area contributed by atoms with Gasteiger partial charge in [-0.3, -0.25) is 0 Å². The zero-order valence-corrected chi connectivity index (χ0v) is 11.4. The van der Waals surface area contributed by atoms with Gasteiger partial charge in [-0.25, -0.2) is 19.2 Å². The standard InChI is InChI=1S/C13H7ClFN3O3/c1-20-13(19)10-11(14)17-6-18-12(10)21-9-3-2-7(5-16)4-8(9)15/h2-4,6H,1H3. The van der Waals surface area contributed by atoms with E-state index < -0.39 is 11.8 Å². The molecule has 106 valence electrons. The molecular formula is C13H7ClFN3O3. The second-order valence-corrected chi connectivity index (χ2v) is 4.05. The molecule has 6 nitrogen and oxygen atoms in total. The summed E-state index contributed by atoms with van der Waals surface area (Å²) in [5, 5.41) is 8.49. The number of nitriles is 1. The van der Waals surface area contributed by atoms with Crippen LogP contribution in [0, 0.1) is 17.1 Å². The summed E-state index contributed by atoms with van der Waals surface area (Å²) in [6.45, 7) is 0. The summed E-state index contributed by atoms with van der Waals surface area (Å²) in [5.41, 5.74) is -0.0841. The molecule has 0 saturated heterocycles. The molecule has 0 spiro atoms. The number of halogens is 2. The monoisotopic (exact) mass is 307 g/mol. The van der Waals surface area contributed by atoms with Gasteiger partial charge in [0.15, 0.2) is 22.3 Å². The Morgan fingerprint density at radius 1 is 1.43 bits per heavy atom. The summed E-state index contributed by atoms with van der Waals surface area (Å²) in [6.07, 6.45) is 1.06. The highest BCUT2D eigenvalue weighted by molar-refractivity contribution is 6.32. The van der Waals surface area contributed by atoms with Crippen molar-refractivity contribution in [1.82, 2.24) is 9.97 Å². The fourth-order valence-corrected chi connectivity index (χ4v) is 1.66. The largest absolute Gasteiger partial charge is 0.465 e. The highest BCUT2D eigenvalue weighted by Gasteiger charge is 2.21. The lowest BCUT2D eigenvalue weighted by atomic mass is 10.2. The van der Waals surface area contributed by atoms with Crippen molar-refractivity contribution in [1.29, 1.82) is 5.26 Å². The van der Waals surface area contributed by atoms with Crippen LogP contribution in [0.25, 0.3) is 0 Å². The molecule has 0 aliphatic heterocycles. The van der Waals surface area contributed by atoms with Crippen molar-refractivity contribution in [2.75, 3.05) is 7.11 Å². The fourth-order valence-electron chi connectivity index (χ4n) is 1.46. The smallest absolute Gasteiger partial charge is 0.346 e. The van der Waals surface area contributed by atoms with E-state index in [4.69, 9.17) is 21.6 Å². The lowest BCUT2D eigenvalue weighted by Gasteiger charge is -2.09. The lowest BCUT2D eigenvalue weighted by molar-refractivity contribution is 0.0596. The van der Waals surface area contributed by atoms with Crippen molar-refractivity contribution in [3.05, 3.63) is 46.6 Å². The molecule has 2 aromatic rings. The summed E-state index contributed by atoms with van der Waals surface area (Å²) >= 11 is 5.79. The number of esters is 1. The maximum atomic E-state index is 13.8. The van der Waals surface area contributed by atoms with Crippen LogP contribution in [0.1, 0.15) is 15.9 Å². The van der Waals surface area contributed by atoms with E-state index in [-0.39, 0.29) is 27.9 Å². The molecule has 0 radical (unpaired) electrons. The van der Waals surface area contributed by atoms with Crippen LogP contribution in [0.4, 0.5) is 4.39 Å². The lowest BCUT2D eigenvalue weighted by Crippen LogP contribution is -2.07. The third kappa shape index (κ3) is 3.07. The van der Waals surface area contributed by atoms with Crippen molar-refractivity contribution in [3.63, 3.8) is 0 Å². The Morgan fingerprint density at radius 2 is 2.19 bits per heavy atom. The SMILES string of the molecule is COC(=O)c1c(Cl)ncnc1Oc1ccc(C#N)cc1F. The maximum Gasteiger partial charge on any atom is 0.346 e. The van der Waals surface area contributed by atoms with Crippen LogP contribution in [0.3, 0.4) is 0 Å². The van der Waals surface area contributed by atoms with Crippen LogP contribution in [0.2, 0.25) is 5.15 Å². The number of carbonyl (C=O) groups excluding carboxylic acids is 1. The molecule has 0 bridgehead atoms. The van der Waals surface area contributed by atoms with Crippen LogP contribution in [-0.2, 0) is 4.74 Å². The Hall–Kier alpha value is -2.72. The third-order valence-electron chi connectivity index (χ3n) is 2.42. The number of methoxy groups -OCH3 is 1. The van der Waals surface area contributed by atoms with Crippen molar-refractivity contribution >= 4 is 17.6 Å². The Kier molecular flexibility index (Phi) is 4.30. The second-order valence-electron chi connectivity index (χ2n) is 3.70. The average Bonchev–Trinajstić information content (AvgIpc) is 2.48. The summed E-state index contributed by atoms with van der Waals surface area (Å²) in [5.74, 6) is -2.05. The molecule has 2 rings (SSSR count). The number of hydrogen-bond acceptors (Lipinski definition) is 6. The van der Waals surface area contributed by atoms with E-state index >= 15 is 0 Å². The molecule has 0 saturated carbocycles. The molecule has 21 heavy (non-hydrogen) atoms. The maximum absolute atomic E-state index is 13.8. The summed E-state index contributed by atoms with van der Waals surface area (Å²) in [7, 11) is 1.15. The van der Waals surface area contributed by atoms with Gasteiger partial charge in [0.05, 0.1) is 18.7 Å². The van der Waals surface area contributed by atoms with Crippen LogP contribution in [0.5, 0.6) is 11.6 Å². The Bertz CT molecular complexity index is 746. The molecule has 0 atom stereocenters. The van der Waals surface area contributed by atoms with Gasteiger partial charge in [0.25, 0.3) is 0 Å². The number of aromatic nitrogens is 2. The van der Waals surface area contributed by atoms with Crippen molar-refractivity contribution in [2.24, 2.45) is 0 Å². The van der Waals surface area contributed by atoms with Gasteiger partial charge in [0, 0.05) is 0 Å². The number of rotatable bonds is 3. The minimum atomic E-state index is -0.815. The molecule has 0 aliphatic rings. The van der Waals surface area contributed by atoms with E-state index in [1.54, 1.807) is 6.07 Å². The van der Waals surface area contributed by atoms with Crippen LogP contribution in [-0.4, -0.2) is 23.0 Å². The number of nitrogens with zero attached hydrogens (tertiary/aromatic N) is 3. The first-order valence-electron chi connectivity index (χ1n) is 5.53.